The van der Waals surface area contributed by atoms with E-state index in [0.29, 0.717) is 0 Å². The molecule has 1 amide bonds. The third-order valence-electron chi connectivity index (χ3n) is 6.15. The monoisotopic (exact) mass is 355 g/mol. The van der Waals surface area contributed by atoms with E-state index in [0.717, 1.165) is 29.0 Å². The van der Waals surface area contributed by atoms with Gasteiger partial charge >= 0.3 is 0 Å². The number of benzene rings is 3. The van der Waals surface area contributed by atoms with Crippen LogP contribution >= 0.6 is 0 Å². The topological polar surface area (TPSA) is 29.5 Å². The molecule has 3 heteroatoms. The Morgan fingerprint density at radius 3 is 2.52 bits per heavy atom. The van der Waals surface area contributed by atoms with Crippen molar-refractivity contribution >= 4 is 11.6 Å². The minimum absolute atomic E-state index is 0.0403. The molecule has 2 aliphatic heterocycles. The Bertz CT molecular complexity index is 1040. The molecule has 0 N–H and O–H groups in total. The zero-order chi connectivity index (χ0) is 18.6. The largest absolute Gasteiger partial charge is 0.497 e. The van der Waals surface area contributed by atoms with Crippen molar-refractivity contribution in [1.82, 2.24) is 0 Å². The SMILES string of the molecule is COc1ccc2c(c1)N1C(=O)c3ccccc3[C@@H]1C[C@@]2(C)c1ccccc1. The maximum atomic E-state index is 13.2. The van der Waals surface area contributed by atoms with Crippen LogP contribution < -0.4 is 9.64 Å². The average Bonchev–Trinajstić information content (AvgIpc) is 3.00. The van der Waals surface area contributed by atoms with Crippen LogP contribution in [0.15, 0.2) is 72.8 Å². The van der Waals surface area contributed by atoms with Crippen molar-refractivity contribution in [1.29, 1.82) is 0 Å². The molecule has 3 aromatic rings. The third-order valence-corrected chi connectivity index (χ3v) is 6.15. The van der Waals surface area contributed by atoms with E-state index < -0.39 is 0 Å². The Hall–Kier alpha value is -3.07. The summed E-state index contributed by atoms with van der Waals surface area (Å²) in [4.78, 5) is 15.2. The number of methoxy groups -OCH3 is 1. The van der Waals surface area contributed by atoms with Crippen molar-refractivity contribution in [3.8, 4) is 5.75 Å². The standard InChI is InChI=1S/C24H21NO2/c1-24(16-8-4-3-5-9-16)15-22-18-10-6-7-11-19(18)23(26)25(22)21-14-17(27-2)12-13-20(21)24/h3-14,22H,15H2,1-2H3/t22-,24-/m0/s1. The van der Waals surface area contributed by atoms with Gasteiger partial charge in [-0.2, -0.15) is 0 Å². The molecule has 0 radical (unpaired) electrons. The Morgan fingerprint density at radius 2 is 1.74 bits per heavy atom. The minimum atomic E-state index is -0.179. The third kappa shape index (κ3) is 2.18. The number of anilines is 1. The number of ether oxygens (including phenoxy) is 1. The highest BCUT2D eigenvalue weighted by Crippen LogP contribution is 2.55. The maximum Gasteiger partial charge on any atom is 0.259 e. The predicted octanol–water partition coefficient (Wildman–Crippen LogP) is 5.11. The van der Waals surface area contributed by atoms with E-state index in [1.165, 1.54) is 11.1 Å². The number of hydrogen-bond acceptors (Lipinski definition) is 2. The van der Waals surface area contributed by atoms with E-state index in [-0.39, 0.29) is 17.4 Å². The highest BCUT2D eigenvalue weighted by molar-refractivity contribution is 6.12. The van der Waals surface area contributed by atoms with Crippen LogP contribution in [0.4, 0.5) is 5.69 Å². The molecule has 2 aliphatic rings. The molecule has 3 nitrogen and oxygen atoms in total. The highest BCUT2D eigenvalue weighted by atomic mass is 16.5. The van der Waals surface area contributed by atoms with Crippen molar-refractivity contribution < 1.29 is 9.53 Å². The molecular weight excluding hydrogens is 334 g/mol. The second-order valence-corrected chi connectivity index (χ2v) is 7.56. The summed E-state index contributed by atoms with van der Waals surface area (Å²) in [5.41, 5.74) is 5.16. The van der Waals surface area contributed by atoms with E-state index in [2.05, 4.69) is 43.3 Å². The fourth-order valence-electron chi connectivity index (χ4n) is 4.75. The van der Waals surface area contributed by atoms with Crippen LogP contribution in [0, 0.1) is 0 Å². The molecule has 27 heavy (non-hydrogen) atoms. The summed E-state index contributed by atoms with van der Waals surface area (Å²) in [5.74, 6) is 0.855. The summed E-state index contributed by atoms with van der Waals surface area (Å²) in [6, 6.07) is 24.8. The summed E-state index contributed by atoms with van der Waals surface area (Å²) >= 11 is 0. The van der Waals surface area contributed by atoms with Crippen LogP contribution in [-0.4, -0.2) is 13.0 Å². The van der Waals surface area contributed by atoms with E-state index in [9.17, 15) is 4.79 Å². The number of carbonyl (C=O) groups is 1. The van der Waals surface area contributed by atoms with Crippen LogP contribution in [0.3, 0.4) is 0 Å². The fourth-order valence-corrected chi connectivity index (χ4v) is 4.75. The lowest BCUT2D eigenvalue weighted by Gasteiger charge is -2.44. The lowest BCUT2D eigenvalue weighted by molar-refractivity contribution is 0.0986. The molecule has 0 saturated carbocycles. The van der Waals surface area contributed by atoms with Crippen molar-refractivity contribution in [2.24, 2.45) is 0 Å². The molecule has 0 aliphatic carbocycles. The van der Waals surface area contributed by atoms with Gasteiger partial charge in [-0.05, 0) is 35.2 Å². The Morgan fingerprint density at radius 1 is 1.00 bits per heavy atom. The van der Waals surface area contributed by atoms with Crippen molar-refractivity contribution in [2.75, 3.05) is 12.0 Å². The fraction of sp³-hybridized carbons (Fsp3) is 0.208. The number of fused-ring (bicyclic) bond motifs is 5. The lowest BCUT2D eigenvalue weighted by Crippen LogP contribution is -2.41. The molecule has 0 spiro atoms. The van der Waals surface area contributed by atoms with Crippen molar-refractivity contribution in [3.63, 3.8) is 0 Å². The van der Waals surface area contributed by atoms with Gasteiger partial charge in [-0.15, -0.1) is 0 Å². The summed E-state index contributed by atoms with van der Waals surface area (Å²) in [6.45, 7) is 2.29. The first-order valence-corrected chi connectivity index (χ1v) is 9.30. The smallest absolute Gasteiger partial charge is 0.259 e. The molecule has 2 heterocycles. The van der Waals surface area contributed by atoms with Crippen LogP contribution in [0.2, 0.25) is 0 Å². The van der Waals surface area contributed by atoms with Crippen molar-refractivity contribution in [2.45, 2.75) is 24.8 Å². The first-order chi connectivity index (χ1) is 13.1. The van der Waals surface area contributed by atoms with Gasteiger partial charge in [0, 0.05) is 17.0 Å². The number of nitrogens with zero attached hydrogens (tertiary/aromatic N) is 1. The minimum Gasteiger partial charge on any atom is -0.497 e. The molecule has 134 valence electrons. The molecule has 0 fully saturated rings. The summed E-state index contributed by atoms with van der Waals surface area (Å²) in [5, 5.41) is 0. The zero-order valence-corrected chi connectivity index (χ0v) is 15.5. The van der Waals surface area contributed by atoms with Gasteiger partial charge in [-0.1, -0.05) is 61.5 Å². The van der Waals surface area contributed by atoms with Gasteiger partial charge in [0.15, 0.2) is 0 Å². The molecular formula is C24H21NO2. The van der Waals surface area contributed by atoms with Gasteiger partial charge in [0.05, 0.1) is 18.8 Å². The predicted molar refractivity (Wildman–Crippen MR) is 106 cm³/mol. The van der Waals surface area contributed by atoms with Crippen molar-refractivity contribution in [3.05, 3.63) is 95.1 Å². The second-order valence-electron chi connectivity index (χ2n) is 7.56. The summed E-state index contributed by atoms with van der Waals surface area (Å²) in [6.07, 6.45) is 0.860. The number of rotatable bonds is 2. The molecule has 3 aromatic carbocycles. The van der Waals surface area contributed by atoms with E-state index in [1.807, 2.05) is 41.3 Å². The van der Waals surface area contributed by atoms with Gasteiger partial charge in [0.2, 0.25) is 0 Å². The molecule has 0 bridgehead atoms. The Kier molecular flexibility index (Phi) is 3.41. The molecule has 0 aromatic heterocycles. The molecule has 2 atom stereocenters. The Labute approximate surface area is 159 Å². The quantitative estimate of drug-likeness (QED) is 0.639. The van der Waals surface area contributed by atoms with Crippen LogP contribution in [0.25, 0.3) is 0 Å². The summed E-state index contributed by atoms with van der Waals surface area (Å²) in [7, 11) is 1.67. The van der Waals surface area contributed by atoms with E-state index >= 15 is 0 Å². The number of amides is 1. The van der Waals surface area contributed by atoms with Gasteiger partial charge < -0.3 is 9.64 Å². The van der Waals surface area contributed by atoms with Crippen LogP contribution in [-0.2, 0) is 5.41 Å². The maximum absolute atomic E-state index is 13.2. The van der Waals surface area contributed by atoms with Gasteiger partial charge in [0.25, 0.3) is 5.91 Å². The number of hydrogen-bond donors (Lipinski definition) is 0. The molecule has 0 unspecified atom stereocenters. The van der Waals surface area contributed by atoms with E-state index in [1.54, 1.807) is 7.11 Å². The first-order valence-electron chi connectivity index (χ1n) is 9.30. The van der Waals surface area contributed by atoms with Gasteiger partial charge in [0.1, 0.15) is 5.75 Å². The molecule has 5 rings (SSSR count). The van der Waals surface area contributed by atoms with Gasteiger partial charge in [-0.3, -0.25) is 4.79 Å². The second kappa shape index (κ2) is 5.71. The van der Waals surface area contributed by atoms with Crippen LogP contribution in [0.1, 0.15) is 46.4 Å². The van der Waals surface area contributed by atoms with E-state index in [4.69, 9.17) is 4.74 Å². The first kappa shape index (κ1) is 16.1. The number of carbonyl (C=O) groups excluding carboxylic acids is 1. The zero-order valence-electron chi connectivity index (χ0n) is 15.5. The Balaban J connectivity index is 1.78. The van der Waals surface area contributed by atoms with Crippen LogP contribution in [0.5, 0.6) is 5.75 Å². The van der Waals surface area contributed by atoms with Gasteiger partial charge in [-0.25, -0.2) is 0 Å². The average molecular weight is 355 g/mol. The summed E-state index contributed by atoms with van der Waals surface area (Å²) < 4.78 is 5.48. The highest BCUT2D eigenvalue weighted by Gasteiger charge is 2.48. The normalized spacial score (nSPS) is 22.8. The lowest BCUT2D eigenvalue weighted by atomic mass is 9.68. The molecule has 0 saturated heterocycles.